The Morgan fingerprint density at radius 1 is 1.22 bits per heavy atom. The fourth-order valence-corrected chi connectivity index (χ4v) is 2.88. The van der Waals surface area contributed by atoms with Crippen LogP contribution in [-0.2, 0) is 4.79 Å². The van der Waals surface area contributed by atoms with Crippen LogP contribution in [0.3, 0.4) is 0 Å². The zero-order chi connectivity index (χ0) is 16.8. The van der Waals surface area contributed by atoms with E-state index >= 15 is 0 Å². The molecule has 0 heterocycles. The van der Waals surface area contributed by atoms with Crippen molar-refractivity contribution in [3.63, 3.8) is 0 Å². The summed E-state index contributed by atoms with van der Waals surface area (Å²) in [5.41, 5.74) is 5.01. The number of hydrazone groups is 1. The minimum absolute atomic E-state index is 0.0860. The second kappa shape index (κ2) is 8.21. The molecular formula is C16H14Br2FN3O. The van der Waals surface area contributed by atoms with Gasteiger partial charge in [-0.1, -0.05) is 44.0 Å². The van der Waals surface area contributed by atoms with Gasteiger partial charge >= 0.3 is 0 Å². The third-order valence-corrected chi connectivity index (χ3v) is 4.65. The largest absolute Gasteiger partial charge is 0.376 e. The van der Waals surface area contributed by atoms with E-state index in [-0.39, 0.29) is 18.3 Å². The highest BCUT2D eigenvalue weighted by Gasteiger charge is 2.05. The van der Waals surface area contributed by atoms with Crippen molar-refractivity contribution >= 4 is 49.7 Å². The van der Waals surface area contributed by atoms with Crippen LogP contribution in [0.15, 0.2) is 50.4 Å². The van der Waals surface area contributed by atoms with Gasteiger partial charge in [0.25, 0.3) is 5.91 Å². The lowest BCUT2D eigenvalue weighted by molar-refractivity contribution is -0.119. The summed E-state index contributed by atoms with van der Waals surface area (Å²) < 4.78 is 14.6. The molecule has 0 bridgehead atoms. The average molecular weight is 443 g/mol. The Bertz CT molecular complexity index is 710. The molecule has 0 fully saturated rings. The first-order valence-electron chi connectivity index (χ1n) is 6.72. The third kappa shape index (κ3) is 5.44. The van der Waals surface area contributed by atoms with Crippen LogP contribution in [0.25, 0.3) is 0 Å². The van der Waals surface area contributed by atoms with E-state index in [1.165, 1.54) is 18.3 Å². The number of benzene rings is 2. The van der Waals surface area contributed by atoms with Crippen LogP contribution in [0, 0.1) is 12.7 Å². The molecule has 120 valence electrons. The normalized spacial score (nSPS) is 10.8. The van der Waals surface area contributed by atoms with Crippen molar-refractivity contribution in [3.05, 3.63) is 62.3 Å². The predicted octanol–water partition coefficient (Wildman–Crippen LogP) is 4.22. The van der Waals surface area contributed by atoms with E-state index < -0.39 is 0 Å². The molecule has 0 saturated heterocycles. The van der Waals surface area contributed by atoms with Crippen molar-refractivity contribution in [1.29, 1.82) is 0 Å². The van der Waals surface area contributed by atoms with E-state index in [4.69, 9.17) is 0 Å². The van der Waals surface area contributed by atoms with Crippen LogP contribution >= 0.6 is 31.9 Å². The molecule has 0 radical (unpaired) electrons. The molecule has 2 aromatic carbocycles. The van der Waals surface area contributed by atoms with Crippen LogP contribution in [0.5, 0.6) is 0 Å². The van der Waals surface area contributed by atoms with Gasteiger partial charge in [-0.05, 0) is 42.3 Å². The molecule has 7 heteroatoms. The van der Waals surface area contributed by atoms with Gasteiger partial charge < -0.3 is 5.32 Å². The molecular weight excluding hydrogens is 429 g/mol. The molecule has 0 unspecified atom stereocenters. The number of nitrogens with zero attached hydrogens (tertiary/aromatic N) is 1. The predicted molar refractivity (Wildman–Crippen MR) is 97.2 cm³/mol. The van der Waals surface area contributed by atoms with Crippen LogP contribution in [0.1, 0.15) is 11.1 Å². The number of carbonyl (C=O) groups is 1. The summed E-state index contributed by atoms with van der Waals surface area (Å²) in [7, 11) is 0. The average Bonchev–Trinajstić information content (AvgIpc) is 2.52. The van der Waals surface area contributed by atoms with Gasteiger partial charge in [0.15, 0.2) is 0 Å². The van der Waals surface area contributed by atoms with Gasteiger partial charge in [-0.3, -0.25) is 4.79 Å². The standard InChI is InChI=1S/C16H14Br2FN3O/c1-10-14(17)6-13(7-15(10)18)20-9-16(23)22-21-8-11-2-4-12(19)5-3-11/h2-8,20H,9H2,1H3,(H,22,23). The molecule has 2 aromatic rings. The highest BCUT2D eigenvalue weighted by Crippen LogP contribution is 2.28. The first-order valence-corrected chi connectivity index (χ1v) is 8.31. The van der Waals surface area contributed by atoms with Gasteiger partial charge in [-0.25, -0.2) is 9.82 Å². The quantitative estimate of drug-likeness (QED) is 0.538. The van der Waals surface area contributed by atoms with E-state index in [0.29, 0.717) is 5.56 Å². The minimum Gasteiger partial charge on any atom is -0.376 e. The first kappa shape index (κ1) is 17.6. The smallest absolute Gasteiger partial charge is 0.259 e. The van der Waals surface area contributed by atoms with Crippen LogP contribution < -0.4 is 10.7 Å². The molecule has 0 saturated carbocycles. The molecule has 1 amide bonds. The molecule has 2 N–H and O–H groups in total. The van der Waals surface area contributed by atoms with Gasteiger partial charge in [-0.15, -0.1) is 0 Å². The summed E-state index contributed by atoms with van der Waals surface area (Å²) in [5, 5.41) is 6.84. The third-order valence-electron chi connectivity index (χ3n) is 3.01. The van der Waals surface area contributed by atoms with E-state index in [0.717, 1.165) is 20.2 Å². The fraction of sp³-hybridized carbons (Fsp3) is 0.125. The van der Waals surface area contributed by atoms with Gasteiger partial charge in [0.1, 0.15) is 5.82 Å². The maximum Gasteiger partial charge on any atom is 0.259 e. The minimum atomic E-state index is -0.314. The number of anilines is 1. The lowest BCUT2D eigenvalue weighted by Crippen LogP contribution is -2.25. The first-order chi connectivity index (χ1) is 11.0. The number of hydrogen-bond donors (Lipinski definition) is 2. The van der Waals surface area contributed by atoms with Crippen LogP contribution in [0.4, 0.5) is 10.1 Å². The molecule has 0 aromatic heterocycles. The Kier molecular flexibility index (Phi) is 6.29. The van der Waals surface area contributed by atoms with Crippen molar-refractivity contribution in [1.82, 2.24) is 5.43 Å². The molecule has 4 nitrogen and oxygen atoms in total. The van der Waals surface area contributed by atoms with Crippen molar-refractivity contribution in [2.45, 2.75) is 6.92 Å². The molecule has 23 heavy (non-hydrogen) atoms. The van der Waals surface area contributed by atoms with Crippen molar-refractivity contribution in [2.24, 2.45) is 5.10 Å². The van der Waals surface area contributed by atoms with Crippen molar-refractivity contribution < 1.29 is 9.18 Å². The zero-order valence-electron chi connectivity index (χ0n) is 12.2. The number of amides is 1. The van der Waals surface area contributed by atoms with Crippen molar-refractivity contribution in [3.8, 4) is 0 Å². The van der Waals surface area contributed by atoms with Crippen LogP contribution in [-0.4, -0.2) is 18.7 Å². The summed E-state index contributed by atoms with van der Waals surface area (Å²) in [5.74, 6) is -0.595. The van der Waals surface area contributed by atoms with E-state index in [2.05, 4.69) is 47.7 Å². The van der Waals surface area contributed by atoms with Gasteiger partial charge in [-0.2, -0.15) is 5.10 Å². The number of rotatable bonds is 5. The number of nitrogens with one attached hydrogen (secondary N) is 2. The molecule has 2 rings (SSSR count). The summed E-state index contributed by atoms with van der Waals surface area (Å²) in [6.45, 7) is 2.07. The second-order valence-corrected chi connectivity index (χ2v) is 6.47. The molecule has 0 aliphatic heterocycles. The fourth-order valence-electron chi connectivity index (χ4n) is 1.70. The summed E-state index contributed by atoms with van der Waals surface area (Å²) in [4.78, 5) is 11.7. The van der Waals surface area contributed by atoms with E-state index in [1.807, 2.05) is 19.1 Å². The van der Waals surface area contributed by atoms with Gasteiger partial charge in [0.05, 0.1) is 12.8 Å². The number of carbonyl (C=O) groups excluding carboxylic acids is 1. The monoisotopic (exact) mass is 441 g/mol. The van der Waals surface area contributed by atoms with E-state index in [9.17, 15) is 9.18 Å². The maximum atomic E-state index is 12.8. The second-order valence-electron chi connectivity index (χ2n) is 4.76. The zero-order valence-corrected chi connectivity index (χ0v) is 15.4. The summed E-state index contributed by atoms with van der Waals surface area (Å²) >= 11 is 6.91. The number of hydrogen-bond acceptors (Lipinski definition) is 3. The van der Waals surface area contributed by atoms with Crippen LogP contribution in [0.2, 0.25) is 0 Å². The lowest BCUT2D eigenvalue weighted by Gasteiger charge is -2.09. The summed E-state index contributed by atoms with van der Waals surface area (Å²) in [6, 6.07) is 9.61. The molecule has 0 aliphatic carbocycles. The van der Waals surface area contributed by atoms with E-state index in [1.54, 1.807) is 12.1 Å². The van der Waals surface area contributed by atoms with Crippen molar-refractivity contribution in [2.75, 3.05) is 11.9 Å². The molecule has 0 atom stereocenters. The number of halogens is 3. The highest BCUT2D eigenvalue weighted by molar-refractivity contribution is 9.11. The SMILES string of the molecule is Cc1c(Br)cc(NCC(=O)NN=Cc2ccc(F)cc2)cc1Br. The topological polar surface area (TPSA) is 53.5 Å². The molecule has 0 spiro atoms. The highest BCUT2D eigenvalue weighted by atomic mass is 79.9. The Morgan fingerprint density at radius 2 is 1.83 bits per heavy atom. The summed E-state index contributed by atoms with van der Waals surface area (Å²) in [6.07, 6.45) is 1.45. The lowest BCUT2D eigenvalue weighted by atomic mass is 10.2. The maximum absolute atomic E-state index is 12.8. The Hall–Kier alpha value is -1.73. The Labute approximate surface area is 150 Å². The van der Waals surface area contributed by atoms with Gasteiger partial charge in [0.2, 0.25) is 0 Å². The Balaban J connectivity index is 1.84. The Morgan fingerprint density at radius 3 is 2.43 bits per heavy atom. The molecule has 0 aliphatic rings. The van der Waals surface area contributed by atoms with Gasteiger partial charge in [0, 0.05) is 14.6 Å².